The van der Waals surface area contributed by atoms with Gasteiger partial charge in [-0.15, -0.1) is 0 Å². The van der Waals surface area contributed by atoms with Crippen LogP contribution in [0.15, 0.2) is 42.6 Å². The summed E-state index contributed by atoms with van der Waals surface area (Å²) >= 11 is 0. The lowest BCUT2D eigenvalue weighted by Crippen LogP contribution is -2.00. The minimum Gasteiger partial charge on any atom is -0.457 e. The first-order valence-electron chi connectivity index (χ1n) is 5.93. The SMILES string of the molecule is CCC(=O)c1cc(Oc2cccc(C)c2)ccn1. The van der Waals surface area contributed by atoms with Crippen molar-refractivity contribution >= 4 is 5.78 Å². The van der Waals surface area contributed by atoms with Crippen molar-refractivity contribution < 1.29 is 9.53 Å². The summed E-state index contributed by atoms with van der Waals surface area (Å²) in [6, 6.07) is 11.2. The summed E-state index contributed by atoms with van der Waals surface area (Å²) in [7, 11) is 0. The Morgan fingerprint density at radius 2 is 2.00 bits per heavy atom. The van der Waals surface area contributed by atoms with Gasteiger partial charge in [-0.1, -0.05) is 19.1 Å². The van der Waals surface area contributed by atoms with Gasteiger partial charge in [-0.3, -0.25) is 9.78 Å². The van der Waals surface area contributed by atoms with E-state index in [1.54, 1.807) is 18.3 Å². The molecule has 0 fully saturated rings. The molecule has 0 amide bonds. The van der Waals surface area contributed by atoms with E-state index in [0.29, 0.717) is 17.9 Å². The van der Waals surface area contributed by atoms with E-state index < -0.39 is 0 Å². The summed E-state index contributed by atoms with van der Waals surface area (Å²) in [6.07, 6.45) is 2.04. The molecular weight excluding hydrogens is 226 g/mol. The highest BCUT2D eigenvalue weighted by atomic mass is 16.5. The molecule has 0 aliphatic rings. The third kappa shape index (κ3) is 2.94. The van der Waals surface area contributed by atoms with Crippen LogP contribution in [0.25, 0.3) is 0 Å². The minimum absolute atomic E-state index is 0.0182. The van der Waals surface area contributed by atoms with E-state index in [1.165, 1.54) is 0 Å². The van der Waals surface area contributed by atoms with Gasteiger partial charge in [-0.05, 0) is 30.7 Å². The van der Waals surface area contributed by atoms with Crippen LogP contribution < -0.4 is 4.74 Å². The van der Waals surface area contributed by atoms with Crippen molar-refractivity contribution in [3.63, 3.8) is 0 Å². The van der Waals surface area contributed by atoms with Gasteiger partial charge in [0.1, 0.15) is 17.2 Å². The van der Waals surface area contributed by atoms with E-state index in [4.69, 9.17) is 4.74 Å². The van der Waals surface area contributed by atoms with Crippen molar-refractivity contribution in [2.45, 2.75) is 20.3 Å². The standard InChI is InChI=1S/C15H15NO2/c1-3-15(17)14-10-13(7-8-16-14)18-12-6-4-5-11(2)9-12/h4-10H,3H2,1-2H3. The van der Waals surface area contributed by atoms with Crippen molar-refractivity contribution in [1.29, 1.82) is 0 Å². The van der Waals surface area contributed by atoms with Crippen LogP contribution in [0.5, 0.6) is 11.5 Å². The molecule has 0 unspecified atom stereocenters. The molecule has 0 saturated carbocycles. The van der Waals surface area contributed by atoms with Crippen molar-refractivity contribution in [2.75, 3.05) is 0 Å². The Morgan fingerprint density at radius 1 is 1.22 bits per heavy atom. The summed E-state index contributed by atoms with van der Waals surface area (Å²) in [5, 5.41) is 0. The second-order valence-electron chi connectivity index (χ2n) is 4.07. The van der Waals surface area contributed by atoms with Crippen LogP contribution in [0.4, 0.5) is 0 Å². The summed E-state index contributed by atoms with van der Waals surface area (Å²) in [5.41, 5.74) is 1.58. The maximum atomic E-state index is 11.6. The predicted molar refractivity (Wildman–Crippen MR) is 70.1 cm³/mol. The van der Waals surface area contributed by atoms with Crippen molar-refractivity contribution in [3.8, 4) is 11.5 Å². The van der Waals surface area contributed by atoms with Crippen LogP contribution in [0, 0.1) is 6.92 Å². The summed E-state index contributed by atoms with van der Waals surface area (Å²) in [6.45, 7) is 3.82. The van der Waals surface area contributed by atoms with Crippen LogP contribution in [-0.4, -0.2) is 10.8 Å². The van der Waals surface area contributed by atoms with E-state index in [1.807, 2.05) is 38.1 Å². The molecule has 0 N–H and O–H groups in total. The minimum atomic E-state index is 0.0182. The zero-order chi connectivity index (χ0) is 13.0. The Labute approximate surface area is 106 Å². The van der Waals surface area contributed by atoms with Gasteiger partial charge in [0.05, 0.1) is 0 Å². The number of carbonyl (C=O) groups excluding carboxylic acids is 1. The normalized spacial score (nSPS) is 10.1. The lowest BCUT2D eigenvalue weighted by Gasteiger charge is -2.07. The highest BCUT2D eigenvalue weighted by molar-refractivity contribution is 5.94. The number of ether oxygens (including phenoxy) is 1. The Morgan fingerprint density at radius 3 is 2.72 bits per heavy atom. The number of hydrogen-bond donors (Lipinski definition) is 0. The number of benzene rings is 1. The fourth-order valence-electron chi connectivity index (χ4n) is 1.62. The van der Waals surface area contributed by atoms with Gasteiger partial charge in [0.25, 0.3) is 0 Å². The predicted octanol–water partition coefficient (Wildman–Crippen LogP) is 3.78. The third-order valence-corrected chi connectivity index (χ3v) is 2.56. The van der Waals surface area contributed by atoms with Gasteiger partial charge in [0, 0.05) is 18.7 Å². The average molecular weight is 241 g/mol. The summed E-state index contributed by atoms with van der Waals surface area (Å²) in [4.78, 5) is 15.6. The first kappa shape index (κ1) is 12.3. The van der Waals surface area contributed by atoms with E-state index >= 15 is 0 Å². The zero-order valence-electron chi connectivity index (χ0n) is 10.5. The Kier molecular flexibility index (Phi) is 3.72. The van der Waals surface area contributed by atoms with E-state index in [0.717, 1.165) is 11.3 Å². The average Bonchev–Trinajstić information content (AvgIpc) is 2.38. The number of hydrogen-bond acceptors (Lipinski definition) is 3. The lowest BCUT2D eigenvalue weighted by molar-refractivity contribution is 0.0983. The Bertz CT molecular complexity index is 564. The largest absolute Gasteiger partial charge is 0.457 e. The van der Waals surface area contributed by atoms with Gasteiger partial charge >= 0.3 is 0 Å². The molecule has 18 heavy (non-hydrogen) atoms. The van der Waals surface area contributed by atoms with Gasteiger partial charge in [0.2, 0.25) is 0 Å². The van der Waals surface area contributed by atoms with E-state index in [-0.39, 0.29) is 5.78 Å². The highest BCUT2D eigenvalue weighted by Crippen LogP contribution is 2.22. The van der Waals surface area contributed by atoms with E-state index in [9.17, 15) is 4.79 Å². The lowest BCUT2D eigenvalue weighted by atomic mass is 10.2. The van der Waals surface area contributed by atoms with Crippen LogP contribution in [0.2, 0.25) is 0 Å². The van der Waals surface area contributed by atoms with Crippen molar-refractivity contribution in [2.24, 2.45) is 0 Å². The first-order valence-corrected chi connectivity index (χ1v) is 5.93. The van der Waals surface area contributed by atoms with Gasteiger partial charge in [-0.2, -0.15) is 0 Å². The van der Waals surface area contributed by atoms with Crippen LogP contribution in [-0.2, 0) is 0 Å². The Hall–Kier alpha value is -2.16. The molecule has 92 valence electrons. The molecule has 0 spiro atoms. The van der Waals surface area contributed by atoms with E-state index in [2.05, 4.69) is 4.98 Å². The fourth-order valence-corrected chi connectivity index (χ4v) is 1.62. The summed E-state index contributed by atoms with van der Waals surface area (Å²) in [5.74, 6) is 1.41. The molecule has 1 heterocycles. The second-order valence-corrected chi connectivity index (χ2v) is 4.07. The van der Waals surface area contributed by atoms with Gasteiger partial charge in [0.15, 0.2) is 5.78 Å². The van der Waals surface area contributed by atoms with Crippen LogP contribution in [0.3, 0.4) is 0 Å². The number of aromatic nitrogens is 1. The van der Waals surface area contributed by atoms with Crippen molar-refractivity contribution in [3.05, 3.63) is 53.9 Å². The van der Waals surface area contributed by atoms with Crippen molar-refractivity contribution in [1.82, 2.24) is 4.98 Å². The molecule has 2 rings (SSSR count). The Balaban J connectivity index is 2.22. The number of Topliss-reactive ketones (excluding diaryl/α,β-unsaturated/α-hetero) is 1. The zero-order valence-corrected chi connectivity index (χ0v) is 10.5. The van der Waals surface area contributed by atoms with Crippen LogP contribution >= 0.6 is 0 Å². The second kappa shape index (κ2) is 5.45. The molecule has 3 nitrogen and oxygen atoms in total. The monoisotopic (exact) mass is 241 g/mol. The molecule has 0 bridgehead atoms. The molecule has 0 radical (unpaired) electrons. The molecule has 2 aromatic rings. The number of pyridine rings is 1. The molecule has 0 saturated heterocycles. The topological polar surface area (TPSA) is 39.2 Å². The number of carbonyl (C=O) groups is 1. The molecule has 0 atom stereocenters. The first-order chi connectivity index (χ1) is 8.69. The third-order valence-electron chi connectivity index (χ3n) is 2.56. The molecule has 3 heteroatoms. The molecule has 0 aliphatic carbocycles. The van der Waals surface area contributed by atoms with Gasteiger partial charge in [-0.25, -0.2) is 0 Å². The summed E-state index contributed by atoms with van der Waals surface area (Å²) < 4.78 is 5.70. The molecule has 1 aromatic heterocycles. The van der Waals surface area contributed by atoms with Gasteiger partial charge < -0.3 is 4.74 Å². The highest BCUT2D eigenvalue weighted by Gasteiger charge is 2.06. The number of rotatable bonds is 4. The maximum Gasteiger partial charge on any atom is 0.181 e. The number of nitrogens with zero attached hydrogens (tertiary/aromatic N) is 1. The molecule has 1 aromatic carbocycles. The maximum absolute atomic E-state index is 11.6. The smallest absolute Gasteiger partial charge is 0.181 e. The number of aryl methyl sites for hydroxylation is 1. The quantitative estimate of drug-likeness (QED) is 0.765. The number of ketones is 1. The molecule has 0 aliphatic heterocycles. The fraction of sp³-hybridized carbons (Fsp3) is 0.200. The van der Waals surface area contributed by atoms with Crippen LogP contribution in [0.1, 0.15) is 29.4 Å². The molecular formula is C15H15NO2.